The number of benzene rings is 1. The van der Waals surface area contributed by atoms with E-state index in [2.05, 4.69) is 27.1 Å². The number of nitrogens with one attached hydrogen (secondary N) is 3. The van der Waals surface area contributed by atoms with Crippen LogP contribution in [-0.4, -0.2) is 40.9 Å². The van der Waals surface area contributed by atoms with Crippen molar-refractivity contribution in [3.63, 3.8) is 0 Å². The Kier molecular flexibility index (Phi) is 4.41. The lowest BCUT2D eigenvalue weighted by atomic mass is 9.75. The Morgan fingerprint density at radius 2 is 1.90 bits per heavy atom. The molecule has 0 bridgehead atoms. The summed E-state index contributed by atoms with van der Waals surface area (Å²) in [5.74, 6) is -0.423. The van der Waals surface area contributed by atoms with E-state index >= 15 is 0 Å². The third kappa shape index (κ3) is 2.91. The smallest absolute Gasteiger partial charge is 0.268 e. The lowest BCUT2D eigenvalue weighted by Crippen LogP contribution is -2.55. The lowest BCUT2D eigenvalue weighted by Gasteiger charge is -2.47. The third-order valence-electron chi connectivity index (χ3n) is 6.98. The first kappa shape index (κ1) is 18.9. The Balaban J connectivity index is 1.43. The Morgan fingerprint density at radius 3 is 2.60 bits per heavy atom. The maximum Gasteiger partial charge on any atom is 0.268 e. The summed E-state index contributed by atoms with van der Waals surface area (Å²) in [6, 6.07) is 7.37. The summed E-state index contributed by atoms with van der Waals surface area (Å²) in [6.45, 7) is 4.14. The van der Waals surface area contributed by atoms with Crippen molar-refractivity contribution in [2.75, 3.05) is 6.54 Å². The molecular formula is C23H26N4O3. The van der Waals surface area contributed by atoms with Crippen molar-refractivity contribution in [3.8, 4) is 0 Å². The summed E-state index contributed by atoms with van der Waals surface area (Å²) in [6.07, 6.45) is 7.10. The molecule has 2 heterocycles. The van der Waals surface area contributed by atoms with Gasteiger partial charge in [0.05, 0.1) is 11.1 Å². The van der Waals surface area contributed by atoms with Crippen LogP contribution in [0.15, 0.2) is 36.9 Å². The molecule has 1 spiro atoms. The molecule has 1 aromatic heterocycles. The molecule has 3 aliphatic rings. The zero-order valence-electron chi connectivity index (χ0n) is 16.9. The van der Waals surface area contributed by atoms with Crippen LogP contribution in [0.1, 0.15) is 59.4 Å². The van der Waals surface area contributed by atoms with Crippen molar-refractivity contribution in [2.45, 2.75) is 56.1 Å². The van der Waals surface area contributed by atoms with E-state index in [0.717, 1.165) is 49.4 Å². The molecule has 1 aromatic carbocycles. The minimum absolute atomic E-state index is 0.0542. The monoisotopic (exact) mass is 406 g/mol. The van der Waals surface area contributed by atoms with Gasteiger partial charge in [-0.05, 0) is 62.8 Å². The Hall–Kier alpha value is -3.09. The van der Waals surface area contributed by atoms with Crippen molar-refractivity contribution in [1.82, 2.24) is 20.5 Å². The van der Waals surface area contributed by atoms with Crippen LogP contribution in [0, 0.1) is 0 Å². The molecule has 0 saturated heterocycles. The molecule has 7 nitrogen and oxygen atoms in total. The molecule has 2 aromatic rings. The van der Waals surface area contributed by atoms with E-state index in [1.165, 1.54) is 6.08 Å². The summed E-state index contributed by atoms with van der Waals surface area (Å²) < 4.78 is 2.16. The van der Waals surface area contributed by atoms with E-state index in [4.69, 9.17) is 0 Å². The summed E-state index contributed by atoms with van der Waals surface area (Å²) in [5.41, 5.74) is 2.13. The molecule has 3 amide bonds. The highest BCUT2D eigenvalue weighted by Gasteiger charge is 2.44. The van der Waals surface area contributed by atoms with Gasteiger partial charge in [-0.1, -0.05) is 12.6 Å². The predicted octanol–water partition coefficient (Wildman–Crippen LogP) is 2.22. The average Bonchev–Trinajstić information content (AvgIpc) is 3.31. The van der Waals surface area contributed by atoms with E-state index in [-0.39, 0.29) is 35.3 Å². The van der Waals surface area contributed by atoms with Crippen LogP contribution in [0.4, 0.5) is 0 Å². The fourth-order valence-electron chi connectivity index (χ4n) is 5.22. The van der Waals surface area contributed by atoms with Gasteiger partial charge in [0.1, 0.15) is 5.69 Å². The van der Waals surface area contributed by atoms with Crippen molar-refractivity contribution in [3.05, 3.63) is 48.2 Å². The topological polar surface area (TPSA) is 92.2 Å². The Labute approximate surface area is 174 Å². The third-order valence-corrected chi connectivity index (χ3v) is 6.98. The van der Waals surface area contributed by atoms with Gasteiger partial charge in [-0.15, -0.1) is 0 Å². The van der Waals surface area contributed by atoms with E-state index in [9.17, 15) is 14.4 Å². The lowest BCUT2D eigenvalue weighted by molar-refractivity contribution is -0.117. The molecule has 5 rings (SSSR count). The number of amides is 3. The summed E-state index contributed by atoms with van der Waals surface area (Å²) in [4.78, 5) is 37.1. The highest BCUT2D eigenvalue weighted by molar-refractivity contribution is 6.03. The number of hydrogen-bond donors (Lipinski definition) is 3. The zero-order valence-corrected chi connectivity index (χ0v) is 16.9. The number of carbonyl (C=O) groups excluding carboxylic acids is 3. The van der Waals surface area contributed by atoms with Crippen LogP contribution < -0.4 is 16.0 Å². The van der Waals surface area contributed by atoms with Crippen LogP contribution in [0.5, 0.6) is 0 Å². The Bertz CT molecular complexity index is 1070. The van der Waals surface area contributed by atoms with Gasteiger partial charge >= 0.3 is 0 Å². The minimum atomic E-state index is -0.216. The van der Waals surface area contributed by atoms with Crippen molar-refractivity contribution >= 4 is 28.6 Å². The minimum Gasteiger partial charge on any atom is -0.348 e. The number of rotatable bonds is 4. The fourth-order valence-corrected chi connectivity index (χ4v) is 5.22. The van der Waals surface area contributed by atoms with Crippen LogP contribution >= 0.6 is 0 Å². The van der Waals surface area contributed by atoms with Crippen molar-refractivity contribution in [1.29, 1.82) is 0 Å². The molecule has 7 heteroatoms. The Morgan fingerprint density at radius 1 is 1.13 bits per heavy atom. The van der Waals surface area contributed by atoms with Gasteiger partial charge in [0.15, 0.2) is 0 Å². The number of hydrogen-bond acceptors (Lipinski definition) is 3. The van der Waals surface area contributed by atoms with Gasteiger partial charge in [-0.3, -0.25) is 14.4 Å². The highest BCUT2D eigenvalue weighted by Crippen LogP contribution is 2.44. The van der Waals surface area contributed by atoms with Gasteiger partial charge < -0.3 is 20.5 Å². The first-order valence-corrected chi connectivity index (χ1v) is 10.7. The van der Waals surface area contributed by atoms with Crippen molar-refractivity contribution < 1.29 is 14.4 Å². The molecule has 2 aliphatic carbocycles. The average molecular weight is 406 g/mol. The first-order valence-electron chi connectivity index (χ1n) is 10.7. The molecule has 2 saturated carbocycles. The molecule has 2 fully saturated rings. The van der Waals surface area contributed by atoms with E-state index in [1.807, 2.05) is 18.2 Å². The SMILES string of the molecule is C=CC(=O)NC1CCCC1NC(=O)c1ccc2cc3n(c2c1)C1(CCC1)CNC3=O. The van der Waals surface area contributed by atoms with Gasteiger partial charge in [0, 0.05) is 29.6 Å². The number of aromatic nitrogens is 1. The largest absolute Gasteiger partial charge is 0.348 e. The van der Waals surface area contributed by atoms with Crippen LogP contribution in [0.3, 0.4) is 0 Å². The maximum absolute atomic E-state index is 13.0. The molecule has 156 valence electrons. The van der Waals surface area contributed by atoms with Gasteiger partial charge in [0.25, 0.3) is 11.8 Å². The highest BCUT2D eigenvalue weighted by atomic mass is 16.2. The molecule has 1 aliphatic heterocycles. The second-order valence-electron chi connectivity index (χ2n) is 8.73. The molecule has 3 N–H and O–H groups in total. The first-order chi connectivity index (χ1) is 14.5. The van der Waals surface area contributed by atoms with E-state index in [0.29, 0.717) is 17.8 Å². The van der Waals surface area contributed by atoms with Crippen LogP contribution in [0.25, 0.3) is 10.9 Å². The second kappa shape index (κ2) is 7.00. The van der Waals surface area contributed by atoms with Gasteiger partial charge in [-0.2, -0.15) is 0 Å². The molecule has 2 unspecified atom stereocenters. The number of nitrogens with zero attached hydrogens (tertiary/aromatic N) is 1. The quantitative estimate of drug-likeness (QED) is 0.680. The van der Waals surface area contributed by atoms with Crippen molar-refractivity contribution in [2.24, 2.45) is 0 Å². The number of fused-ring (bicyclic) bond motifs is 4. The number of carbonyl (C=O) groups is 3. The normalized spacial score (nSPS) is 24.1. The molecule has 30 heavy (non-hydrogen) atoms. The van der Waals surface area contributed by atoms with Crippen LogP contribution in [-0.2, 0) is 10.3 Å². The second-order valence-corrected chi connectivity index (χ2v) is 8.73. The molecular weight excluding hydrogens is 380 g/mol. The molecule has 0 radical (unpaired) electrons. The summed E-state index contributed by atoms with van der Waals surface area (Å²) >= 11 is 0. The van der Waals surface area contributed by atoms with E-state index < -0.39 is 0 Å². The maximum atomic E-state index is 13.0. The molecule has 2 atom stereocenters. The predicted molar refractivity (Wildman–Crippen MR) is 113 cm³/mol. The summed E-state index contributed by atoms with van der Waals surface area (Å²) in [7, 11) is 0. The van der Waals surface area contributed by atoms with Crippen LogP contribution in [0.2, 0.25) is 0 Å². The van der Waals surface area contributed by atoms with E-state index in [1.54, 1.807) is 6.07 Å². The van der Waals surface area contributed by atoms with Gasteiger partial charge in [-0.25, -0.2) is 0 Å². The fraction of sp³-hybridized carbons (Fsp3) is 0.435. The summed E-state index contributed by atoms with van der Waals surface area (Å²) in [5, 5.41) is 10.0. The standard InChI is InChI=1S/C23H26N4O3/c1-2-20(28)25-16-5-3-6-17(16)26-21(29)15-8-7-14-11-19-22(30)24-13-23(9-4-10-23)27(19)18(14)12-15/h2,7-8,11-12,16-17H,1,3-6,9-10,13H2,(H,24,30)(H,25,28)(H,26,29). The van der Waals surface area contributed by atoms with Gasteiger partial charge in [0.2, 0.25) is 5.91 Å². The zero-order chi connectivity index (χ0) is 20.9.